The van der Waals surface area contributed by atoms with E-state index in [-0.39, 0.29) is 0 Å². The largest absolute Gasteiger partial charge is 0.344 e. The molecule has 2 N–H and O–H groups in total. The zero-order valence-electron chi connectivity index (χ0n) is 15.4. The number of nitrogens with zero attached hydrogens (tertiary/aromatic N) is 4. The summed E-state index contributed by atoms with van der Waals surface area (Å²) in [6.07, 6.45) is 3.51. The minimum absolute atomic E-state index is 0.618. The Morgan fingerprint density at radius 2 is 1.04 bits per heavy atom. The SMILES string of the molecule is S=C(N/N=C/c1ccccc1)N1CCN(C(=S)N/N=C/c2ccccc2)CC1. The molecule has 1 fully saturated rings. The van der Waals surface area contributed by atoms with Crippen LogP contribution in [0, 0.1) is 0 Å². The van der Waals surface area contributed by atoms with E-state index in [0.717, 1.165) is 37.3 Å². The third kappa shape index (κ3) is 6.11. The molecule has 0 amide bonds. The van der Waals surface area contributed by atoms with Crippen LogP contribution in [0.3, 0.4) is 0 Å². The fourth-order valence-corrected chi connectivity index (χ4v) is 3.13. The lowest BCUT2D eigenvalue weighted by Gasteiger charge is -2.36. The van der Waals surface area contributed by atoms with Crippen molar-refractivity contribution in [1.29, 1.82) is 0 Å². The molecule has 144 valence electrons. The molecule has 8 heteroatoms. The standard InChI is InChI=1S/C20H22N6S2/c27-19(23-21-15-17-7-3-1-4-8-17)25-11-13-26(14-12-25)20(28)24-22-16-18-9-5-2-6-10-18/h1-10,15-16H,11-14H2,(H,23,27)(H,24,28)/b21-15+,22-16+. The Bertz CT molecular complexity index is 759. The lowest BCUT2D eigenvalue weighted by Crippen LogP contribution is -2.53. The number of nitrogens with one attached hydrogen (secondary N) is 2. The zero-order valence-corrected chi connectivity index (χ0v) is 17.0. The molecule has 0 spiro atoms. The average Bonchev–Trinajstić information content (AvgIpc) is 2.75. The van der Waals surface area contributed by atoms with E-state index in [0.29, 0.717) is 10.2 Å². The summed E-state index contributed by atoms with van der Waals surface area (Å²) in [5.41, 5.74) is 7.91. The second-order valence-corrected chi connectivity index (χ2v) is 6.92. The smallest absolute Gasteiger partial charge is 0.189 e. The molecule has 2 aromatic rings. The van der Waals surface area contributed by atoms with Crippen molar-refractivity contribution in [2.45, 2.75) is 0 Å². The quantitative estimate of drug-likeness (QED) is 0.459. The zero-order chi connectivity index (χ0) is 19.6. The Morgan fingerprint density at radius 1 is 0.679 bits per heavy atom. The first kappa shape index (κ1) is 19.9. The summed E-state index contributed by atoms with van der Waals surface area (Å²) in [7, 11) is 0. The van der Waals surface area contributed by atoms with Gasteiger partial charge in [-0.25, -0.2) is 0 Å². The molecule has 2 aromatic carbocycles. The third-order valence-corrected chi connectivity index (χ3v) is 4.90. The Labute approximate surface area is 175 Å². The van der Waals surface area contributed by atoms with Crippen LogP contribution in [0.2, 0.25) is 0 Å². The van der Waals surface area contributed by atoms with Gasteiger partial charge in [-0.05, 0) is 35.6 Å². The van der Waals surface area contributed by atoms with E-state index in [1.54, 1.807) is 12.4 Å². The lowest BCUT2D eigenvalue weighted by molar-refractivity contribution is 0.255. The monoisotopic (exact) mass is 410 g/mol. The molecular weight excluding hydrogens is 388 g/mol. The summed E-state index contributed by atoms with van der Waals surface area (Å²) < 4.78 is 0. The van der Waals surface area contributed by atoms with Gasteiger partial charge in [0, 0.05) is 26.2 Å². The number of piperazine rings is 1. The van der Waals surface area contributed by atoms with Gasteiger partial charge >= 0.3 is 0 Å². The molecule has 0 saturated carbocycles. The van der Waals surface area contributed by atoms with Crippen molar-refractivity contribution in [1.82, 2.24) is 20.7 Å². The van der Waals surface area contributed by atoms with Crippen LogP contribution in [-0.4, -0.2) is 58.6 Å². The van der Waals surface area contributed by atoms with Crippen LogP contribution in [0.4, 0.5) is 0 Å². The van der Waals surface area contributed by atoms with Gasteiger partial charge in [-0.3, -0.25) is 10.9 Å². The predicted octanol–water partition coefficient (Wildman–Crippen LogP) is 2.42. The highest BCUT2D eigenvalue weighted by atomic mass is 32.1. The molecule has 1 aliphatic heterocycles. The molecule has 28 heavy (non-hydrogen) atoms. The minimum Gasteiger partial charge on any atom is -0.344 e. The maximum atomic E-state index is 5.43. The molecular formula is C20H22N6S2. The van der Waals surface area contributed by atoms with E-state index in [9.17, 15) is 0 Å². The Hall–Kier alpha value is -2.84. The van der Waals surface area contributed by atoms with Crippen molar-refractivity contribution in [3.8, 4) is 0 Å². The van der Waals surface area contributed by atoms with Gasteiger partial charge in [0.15, 0.2) is 10.2 Å². The molecule has 0 aliphatic carbocycles. The van der Waals surface area contributed by atoms with Crippen LogP contribution < -0.4 is 10.9 Å². The predicted molar refractivity (Wildman–Crippen MR) is 123 cm³/mol. The summed E-state index contributed by atoms with van der Waals surface area (Å²) in [6.45, 7) is 3.10. The highest BCUT2D eigenvalue weighted by Gasteiger charge is 2.20. The number of hydrogen-bond donors (Lipinski definition) is 2. The van der Waals surface area contributed by atoms with Crippen molar-refractivity contribution >= 4 is 47.1 Å². The Kier molecular flexibility index (Phi) is 7.45. The van der Waals surface area contributed by atoms with E-state index in [2.05, 4.69) is 30.9 Å². The first-order valence-electron chi connectivity index (χ1n) is 8.98. The molecule has 1 aliphatic rings. The maximum absolute atomic E-state index is 5.43. The van der Waals surface area contributed by atoms with Crippen LogP contribution in [0.5, 0.6) is 0 Å². The highest BCUT2D eigenvalue weighted by Crippen LogP contribution is 2.03. The van der Waals surface area contributed by atoms with Gasteiger partial charge in [0.25, 0.3) is 0 Å². The summed E-state index contributed by atoms with van der Waals surface area (Å²) >= 11 is 10.9. The molecule has 0 atom stereocenters. The lowest BCUT2D eigenvalue weighted by atomic mass is 10.2. The average molecular weight is 411 g/mol. The topological polar surface area (TPSA) is 55.3 Å². The first-order valence-corrected chi connectivity index (χ1v) is 9.80. The first-order chi connectivity index (χ1) is 13.7. The number of hydrazone groups is 2. The molecule has 0 aromatic heterocycles. The maximum Gasteiger partial charge on any atom is 0.189 e. The molecule has 6 nitrogen and oxygen atoms in total. The van der Waals surface area contributed by atoms with E-state index in [4.69, 9.17) is 24.4 Å². The normalized spacial score (nSPS) is 14.4. The van der Waals surface area contributed by atoms with Gasteiger partial charge in [0.1, 0.15) is 0 Å². The van der Waals surface area contributed by atoms with Crippen LogP contribution in [-0.2, 0) is 0 Å². The van der Waals surface area contributed by atoms with Gasteiger partial charge in [-0.2, -0.15) is 10.2 Å². The van der Waals surface area contributed by atoms with Gasteiger partial charge in [-0.15, -0.1) is 0 Å². The number of rotatable bonds is 4. The van der Waals surface area contributed by atoms with Crippen molar-refractivity contribution < 1.29 is 0 Å². The highest BCUT2D eigenvalue weighted by molar-refractivity contribution is 7.80. The molecule has 1 saturated heterocycles. The molecule has 0 radical (unpaired) electrons. The van der Waals surface area contributed by atoms with Gasteiger partial charge in [0.2, 0.25) is 0 Å². The van der Waals surface area contributed by atoms with Crippen molar-refractivity contribution in [3.63, 3.8) is 0 Å². The molecule has 0 unspecified atom stereocenters. The van der Waals surface area contributed by atoms with Crippen molar-refractivity contribution in [2.24, 2.45) is 10.2 Å². The second-order valence-electron chi connectivity index (χ2n) is 6.15. The van der Waals surface area contributed by atoms with Crippen LogP contribution in [0.25, 0.3) is 0 Å². The second kappa shape index (κ2) is 10.5. The number of benzene rings is 2. The minimum atomic E-state index is 0.618. The van der Waals surface area contributed by atoms with Gasteiger partial charge in [-0.1, -0.05) is 60.7 Å². The molecule has 1 heterocycles. The van der Waals surface area contributed by atoms with Crippen LogP contribution in [0.1, 0.15) is 11.1 Å². The van der Waals surface area contributed by atoms with Gasteiger partial charge < -0.3 is 9.80 Å². The Balaban J connectivity index is 1.39. The van der Waals surface area contributed by atoms with Crippen molar-refractivity contribution in [2.75, 3.05) is 26.2 Å². The molecule has 3 rings (SSSR count). The fraction of sp³-hybridized carbons (Fsp3) is 0.200. The third-order valence-electron chi connectivity index (χ3n) is 4.20. The summed E-state index contributed by atoms with van der Waals surface area (Å²) in [5.74, 6) is 0. The van der Waals surface area contributed by atoms with Crippen LogP contribution >= 0.6 is 24.4 Å². The number of thiocarbonyl (C=S) groups is 2. The van der Waals surface area contributed by atoms with Crippen molar-refractivity contribution in [3.05, 3.63) is 71.8 Å². The van der Waals surface area contributed by atoms with E-state index < -0.39 is 0 Å². The summed E-state index contributed by atoms with van der Waals surface area (Å²) in [6, 6.07) is 19.8. The summed E-state index contributed by atoms with van der Waals surface area (Å²) in [4.78, 5) is 4.17. The van der Waals surface area contributed by atoms with Crippen LogP contribution in [0.15, 0.2) is 70.9 Å². The van der Waals surface area contributed by atoms with E-state index in [1.165, 1.54) is 0 Å². The number of hydrogen-bond acceptors (Lipinski definition) is 4. The van der Waals surface area contributed by atoms with E-state index in [1.807, 2.05) is 60.7 Å². The summed E-state index contributed by atoms with van der Waals surface area (Å²) in [5, 5.41) is 9.66. The molecule has 0 bridgehead atoms. The Morgan fingerprint density at radius 3 is 1.39 bits per heavy atom. The van der Waals surface area contributed by atoms with Gasteiger partial charge in [0.05, 0.1) is 12.4 Å². The van der Waals surface area contributed by atoms with E-state index >= 15 is 0 Å². The fourth-order valence-electron chi connectivity index (χ4n) is 2.66.